The SMILES string of the molecule is O=C(NCc1ccco1)Nc1c(-c2cccnc2)[nH]c2ccc(F)cc12. The molecule has 4 rings (SSSR count). The Morgan fingerprint density at radius 2 is 2.15 bits per heavy atom. The molecule has 0 fully saturated rings. The van der Waals surface area contributed by atoms with Crippen molar-refractivity contribution >= 4 is 22.6 Å². The summed E-state index contributed by atoms with van der Waals surface area (Å²) in [7, 11) is 0. The average Bonchev–Trinajstić information content (AvgIpc) is 3.29. The van der Waals surface area contributed by atoms with Crippen LogP contribution < -0.4 is 10.6 Å². The van der Waals surface area contributed by atoms with Crippen LogP contribution in [0.2, 0.25) is 0 Å². The first-order valence-corrected chi connectivity index (χ1v) is 7.99. The normalized spacial score (nSPS) is 10.8. The second-order valence-electron chi connectivity index (χ2n) is 5.69. The van der Waals surface area contributed by atoms with Crippen LogP contribution in [0.1, 0.15) is 5.76 Å². The number of pyridine rings is 1. The van der Waals surface area contributed by atoms with Crippen LogP contribution in [0, 0.1) is 5.82 Å². The Labute approximate surface area is 148 Å². The molecule has 0 aliphatic rings. The van der Waals surface area contributed by atoms with Crippen LogP contribution in [-0.4, -0.2) is 16.0 Å². The number of fused-ring (bicyclic) bond motifs is 1. The predicted octanol–water partition coefficient (Wildman–Crippen LogP) is 4.28. The van der Waals surface area contributed by atoms with E-state index in [0.717, 1.165) is 5.56 Å². The maximum Gasteiger partial charge on any atom is 0.319 e. The lowest BCUT2D eigenvalue weighted by Crippen LogP contribution is -2.28. The number of anilines is 1. The smallest absolute Gasteiger partial charge is 0.319 e. The van der Waals surface area contributed by atoms with Crippen molar-refractivity contribution in [2.75, 3.05) is 5.32 Å². The van der Waals surface area contributed by atoms with Gasteiger partial charge in [-0.2, -0.15) is 0 Å². The number of nitrogens with one attached hydrogen (secondary N) is 3. The van der Waals surface area contributed by atoms with Crippen LogP contribution in [0.25, 0.3) is 22.2 Å². The molecule has 1 aromatic carbocycles. The number of hydrogen-bond donors (Lipinski definition) is 3. The van der Waals surface area contributed by atoms with Gasteiger partial charge in [0.2, 0.25) is 0 Å². The first kappa shape index (κ1) is 15.9. The highest BCUT2D eigenvalue weighted by molar-refractivity contribution is 6.07. The molecular formula is C19H15FN4O2. The lowest BCUT2D eigenvalue weighted by Gasteiger charge is -2.08. The van der Waals surface area contributed by atoms with Gasteiger partial charge in [0, 0.05) is 28.9 Å². The number of hydrogen-bond acceptors (Lipinski definition) is 3. The number of carbonyl (C=O) groups excluding carboxylic acids is 1. The fourth-order valence-electron chi connectivity index (χ4n) is 2.76. The van der Waals surface area contributed by atoms with E-state index in [0.29, 0.717) is 28.0 Å². The molecule has 7 heteroatoms. The fraction of sp³-hybridized carbons (Fsp3) is 0.0526. The molecule has 0 saturated heterocycles. The molecule has 0 unspecified atom stereocenters. The number of amides is 2. The number of nitrogens with zero attached hydrogens (tertiary/aromatic N) is 1. The summed E-state index contributed by atoms with van der Waals surface area (Å²) in [6.07, 6.45) is 4.87. The Hall–Kier alpha value is -3.61. The first-order chi connectivity index (χ1) is 12.7. The molecule has 3 N–H and O–H groups in total. The number of urea groups is 1. The molecule has 0 bridgehead atoms. The van der Waals surface area contributed by atoms with E-state index in [9.17, 15) is 9.18 Å². The summed E-state index contributed by atoms with van der Waals surface area (Å²) in [6.45, 7) is 0.248. The predicted molar refractivity (Wildman–Crippen MR) is 96.1 cm³/mol. The maximum absolute atomic E-state index is 13.7. The Bertz CT molecular complexity index is 1040. The topological polar surface area (TPSA) is 82.9 Å². The van der Waals surface area contributed by atoms with Gasteiger partial charge >= 0.3 is 6.03 Å². The van der Waals surface area contributed by atoms with Gasteiger partial charge in [-0.25, -0.2) is 9.18 Å². The third-order valence-corrected chi connectivity index (χ3v) is 3.95. The Morgan fingerprint density at radius 1 is 1.23 bits per heavy atom. The quantitative estimate of drug-likeness (QED) is 0.514. The monoisotopic (exact) mass is 350 g/mol. The second-order valence-corrected chi connectivity index (χ2v) is 5.69. The lowest BCUT2D eigenvalue weighted by molar-refractivity contribution is 0.251. The van der Waals surface area contributed by atoms with Gasteiger partial charge < -0.3 is 20.0 Å². The van der Waals surface area contributed by atoms with Crippen LogP contribution in [0.5, 0.6) is 0 Å². The van der Waals surface area contributed by atoms with Crippen molar-refractivity contribution in [3.8, 4) is 11.3 Å². The highest BCUT2D eigenvalue weighted by atomic mass is 19.1. The van der Waals surface area contributed by atoms with E-state index < -0.39 is 6.03 Å². The summed E-state index contributed by atoms with van der Waals surface area (Å²) in [4.78, 5) is 19.6. The van der Waals surface area contributed by atoms with Crippen molar-refractivity contribution in [1.82, 2.24) is 15.3 Å². The number of rotatable bonds is 4. The molecule has 26 heavy (non-hydrogen) atoms. The zero-order valence-electron chi connectivity index (χ0n) is 13.6. The molecule has 2 amide bonds. The van der Waals surface area contributed by atoms with Crippen molar-refractivity contribution in [2.45, 2.75) is 6.54 Å². The molecule has 6 nitrogen and oxygen atoms in total. The van der Waals surface area contributed by atoms with Gasteiger partial charge in [0.05, 0.1) is 24.2 Å². The molecule has 0 aliphatic carbocycles. The minimum atomic E-state index is -0.420. The van der Waals surface area contributed by atoms with Gasteiger partial charge in [-0.15, -0.1) is 0 Å². The number of halogens is 1. The van der Waals surface area contributed by atoms with Gasteiger partial charge in [0.25, 0.3) is 0 Å². The zero-order chi connectivity index (χ0) is 17.9. The van der Waals surface area contributed by atoms with Crippen molar-refractivity contribution in [1.29, 1.82) is 0 Å². The number of aromatic nitrogens is 2. The first-order valence-electron chi connectivity index (χ1n) is 7.99. The highest BCUT2D eigenvalue weighted by Gasteiger charge is 2.16. The summed E-state index contributed by atoms with van der Waals surface area (Å²) in [6, 6.07) is 11.1. The van der Waals surface area contributed by atoms with E-state index >= 15 is 0 Å². The van der Waals surface area contributed by atoms with E-state index in [1.165, 1.54) is 18.4 Å². The van der Waals surface area contributed by atoms with Crippen molar-refractivity contribution in [3.05, 3.63) is 72.7 Å². The standard InChI is InChI=1S/C19H15FN4O2/c20-13-5-6-16-15(9-13)18(17(23-16)12-3-1-7-21-10-12)24-19(25)22-11-14-4-2-8-26-14/h1-10,23H,11H2,(H2,22,24,25). The van der Waals surface area contributed by atoms with Gasteiger partial charge in [-0.3, -0.25) is 4.98 Å². The Kier molecular flexibility index (Phi) is 4.10. The number of aromatic amines is 1. The van der Waals surface area contributed by atoms with Gasteiger partial charge in [-0.05, 0) is 42.5 Å². The molecular weight excluding hydrogens is 335 g/mol. The van der Waals surface area contributed by atoms with Crippen molar-refractivity contribution in [2.24, 2.45) is 0 Å². The number of H-pyrrole nitrogens is 1. The van der Waals surface area contributed by atoms with E-state index in [2.05, 4.69) is 20.6 Å². The molecule has 0 spiro atoms. The summed E-state index contributed by atoms with van der Waals surface area (Å²) in [5.41, 5.74) is 2.65. The maximum atomic E-state index is 13.7. The summed E-state index contributed by atoms with van der Waals surface area (Å²) in [5, 5.41) is 6.10. The minimum Gasteiger partial charge on any atom is -0.467 e. The minimum absolute atomic E-state index is 0.248. The van der Waals surface area contributed by atoms with Crippen LogP contribution in [0.3, 0.4) is 0 Å². The average molecular weight is 350 g/mol. The molecule has 0 radical (unpaired) electrons. The van der Waals surface area contributed by atoms with E-state index in [1.54, 1.807) is 36.7 Å². The van der Waals surface area contributed by atoms with Crippen LogP contribution in [-0.2, 0) is 6.54 Å². The van der Waals surface area contributed by atoms with Crippen LogP contribution in [0.15, 0.2) is 65.5 Å². The van der Waals surface area contributed by atoms with Gasteiger partial charge in [-0.1, -0.05) is 0 Å². The molecule has 0 atom stereocenters. The molecule has 0 aliphatic heterocycles. The van der Waals surface area contributed by atoms with Crippen molar-refractivity contribution < 1.29 is 13.6 Å². The van der Waals surface area contributed by atoms with Crippen LogP contribution >= 0.6 is 0 Å². The van der Waals surface area contributed by atoms with E-state index in [-0.39, 0.29) is 12.4 Å². The largest absolute Gasteiger partial charge is 0.467 e. The van der Waals surface area contributed by atoms with E-state index in [4.69, 9.17) is 4.42 Å². The molecule has 130 valence electrons. The second kappa shape index (κ2) is 6.72. The molecule has 3 heterocycles. The molecule has 3 aromatic heterocycles. The number of furan rings is 1. The van der Waals surface area contributed by atoms with Crippen molar-refractivity contribution in [3.63, 3.8) is 0 Å². The lowest BCUT2D eigenvalue weighted by atomic mass is 10.1. The molecule has 0 saturated carbocycles. The summed E-state index contributed by atoms with van der Waals surface area (Å²) in [5.74, 6) is 0.255. The Morgan fingerprint density at radius 3 is 2.92 bits per heavy atom. The summed E-state index contributed by atoms with van der Waals surface area (Å²) >= 11 is 0. The van der Waals surface area contributed by atoms with Gasteiger partial charge in [0.1, 0.15) is 11.6 Å². The highest BCUT2D eigenvalue weighted by Crippen LogP contribution is 2.35. The zero-order valence-corrected chi connectivity index (χ0v) is 13.6. The summed E-state index contributed by atoms with van der Waals surface area (Å²) < 4.78 is 18.9. The third kappa shape index (κ3) is 3.14. The third-order valence-electron chi connectivity index (χ3n) is 3.95. The van der Waals surface area contributed by atoms with Crippen LogP contribution in [0.4, 0.5) is 14.9 Å². The number of carbonyl (C=O) groups is 1. The fourth-order valence-corrected chi connectivity index (χ4v) is 2.76. The number of benzene rings is 1. The van der Waals surface area contributed by atoms with Gasteiger partial charge in [0.15, 0.2) is 0 Å². The Balaban J connectivity index is 1.67. The molecule has 4 aromatic rings. The van der Waals surface area contributed by atoms with E-state index in [1.807, 2.05) is 6.07 Å².